The van der Waals surface area contributed by atoms with Crippen molar-refractivity contribution in [1.29, 1.82) is 0 Å². The fraction of sp³-hybridized carbons (Fsp3) is 0.765. The minimum Gasteiger partial charge on any atom is -0.468 e. The number of ether oxygens (including phenoxy) is 2. The molecule has 1 aliphatic heterocycles. The van der Waals surface area contributed by atoms with Crippen LogP contribution in [0.5, 0.6) is 0 Å². The predicted octanol–water partition coefficient (Wildman–Crippen LogP) is 2.60. The molecule has 0 aromatic heterocycles. The highest BCUT2D eigenvalue weighted by Crippen LogP contribution is 2.43. The fourth-order valence-electron chi connectivity index (χ4n) is 3.23. The molecule has 0 amide bonds. The molecule has 0 N–H and O–H groups in total. The first-order valence-electron chi connectivity index (χ1n) is 8.42. The molecule has 25 heavy (non-hydrogen) atoms. The summed E-state index contributed by atoms with van der Waals surface area (Å²) in [5.74, 6) is -2.72. The van der Waals surface area contributed by atoms with Crippen LogP contribution in [-0.2, 0) is 28.4 Å². The topological polar surface area (TPSA) is 71.1 Å². The van der Waals surface area contributed by atoms with E-state index < -0.39 is 41.9 Å². The van der Waals surface area contributed by atoms with Gasteiger partial charge in [0.15, 0.2) is 5.92 Å². The van der Waals surface area contributed by atoms with Gasteiger partial charge >= 0.3 is 19.1 Å². The summed E-state index contributed by atoms with van der Waals surface area (Å²) in [5.41, 5.74) is -1.21. The minimum absolute atomic E-state index is 0.269. The van der Waals surface area contributed by atoms with Crippen LogP contribution in [0.1, 0.15) is 47.0 Å². The summed E-state index contributed by atoms with van der Waals surface area (Å²) < 4.78 is 35.8. The first-order chi connectivity index (χ1) is 11.5. The summed E-state index contributed by atoms with van der Waals surface area (Å²) in [6.07, 6.45) is 1.20. The van der Waals surface area contributed by atoms with Crippen LogP contribution >= 0.6 is 0 Å². The average molecular weight is 356 g/mol. The summed E-state index contributed by atoms with van der Waals surface area (Å²) in [6, 6.07) is 0. The van der Waals surface area contributed by atoms with E-state index in [0.717, 1.165) is 0 Å². The van der Waals surface area contributed by atoms with Gasteiger partial charge in [-0.25, -0.2) is 4.39 Å². The molecule has 1 saturated heterocycles. The van der Waals surface area contributed by atoms with E-state index in [4.69, 9.17) is 18.8 Å². The average Bonchev–Trinajstić information content (AvgIpc) is 3.09. The molecule has 8 heteroatoms. The number of methoxy groups -OCH3 is 2. The lowest BCUT2D eigenvalue weighted by Crippen LogP contribution is -2.41. The maximum atomic E-state index is 14.9. The van der Waals surface area contributed by atoms with Crippen molar-refractivity contribution in [2.24, 2.45) is 11.8 Å². The van der Waals surface area contributed by atoms with E-state index in [9.17, 15) is 14.0 Å². The van der Waals surface area contributed by atoms with Crippen LogP contribution in [0.25, 0.3) is 0 Å². The molecule has 1 aliphatic carbocycles. The van der Waals surface area contributed by atoms with Crippen molar-refractivity contribution >= 4 is 19.1 Å². The molecule has 1 heterocycles. The Balaban J connectivity index is 2.17. The molecule has 1 saturated carbocycles. The van der Waals surface area contributed by atoms with Crippen molar-refractivity contribution in [2.75, 3.05) is 14.2 Å². The number of carbonyl (C=O) groups excluding carboxylic acids is 2. The molecular weight excluding hydrogens is 330 g/mol. The molecule has 2 aliphatic rings. The van der Waals surface area contributed by atoms with Crippen molar-refractivity contribution in [1.82, 2.24) is 0 Å². The zero-order valence-corrected chi connectivity index (χ0v) is 15.7. The zero-order valence-electron chi connectivity index (χ0n) is 15.7. The van der Waals surface area contributed by atoms with Crippen molar-refractivity contribution < 1.29 is 32.8 Å². The van der Waals surface area contributed by atoms with Crippen LogP contribution in [0.15, 0.2) is 11.3 Å². The van der Waals surface area contributed by atoms with Gasteiger partial charge in [0, 0.05) is 0 Å². The largest absolute Gasteiger partial charge is 0.525 e. The molecule has 0 aromatic carbocycles. The standard InChI is InChI=1S/C17H26BFO6/c1-16(2)17(3,4)25-18(24-16)13(19)11-8-7-10(9-11)12(14(20)22-5)15(21)23-6/h10,12H,7-9H2,1-6H3. The summed E-state index contributed by atoms with van der Waals surface area (Å²) in [4.78, 5) is 23.8. The van der Waals surface area contributed by atoms with Crippen molar-refractivity contribution in [3.63, 3.8) is 0 Å². The van der Waals surface area contributed by atoms with E-state index in [2.05, 4.69) is 0 Å². The van der Waals surface area contributed by atoms with E-state index in [1.54, 1.807) is 0 Å². The number of allylic oxidation sites excluding steroid dienone is 1. The van der Waals surface area contributed by atoms with Crippen LogP contribution < -0.4 is 0 Å². The SMILES string of the molecule is COC(=O)C(C(=O)OC)C1CCC(=C(F)B2OC(C)(C)C(C)(C)O2)C1. The van der Waals surface area contributed by atoms with Crippen LogP contribution in [0.4, 0.5) is 4.39 Å². The molecular formula is C17H26BFO6. The number of hydrogen-bond donors (Lipinski definition) is 0. The summed E-state index contributed by atoms with van der Waals surface area (Å²) in [7, 11) is 1.37. The van der Waals surface area contributed by atoms with E-state index in [0.29, 0.717) is 18.4 Å². The van der Waals surface area contributed by atoms with E-state index in [1.807, 2.05) is 27.7 Å². The Morgan fingerprint density at radius 2 is 1.60 bits per heavy atom. The first-order valence-corrected chi connectivity index (χ1v) is 8.42. The third kappa shape index (κ3) is 3.74. The van der Waals surface area contributed by atoms with Gasteiger partial charge in [-0.05, 0) is 58.4 Å². The third-order valence-corrected chi connectivity index (χ3v) is 5.51. The normalized spacial score (nSPS) is 26.7. The highest BCUT2D eigenvalue weighted by Gasteiger charge is 2.54. The van der Waals surface area contributed by atoms with Gasteiger partial charge in [-0.1, -0.05) is 0 Å². The van der Waals surface area contributed by atoms with Crippen molar-refractivity contribution in [2.45, 2.75) is 58.2 Å². The Morgan fingerprint density at radius 3 is 2.04 bits per heavy atom. The number of hydrogen-bond acceptors (Lipinski definition) is 6. The van der Waals surface area contributed by atoms with Gasteiger partial charge in [-0.2, -0.15) is 0 Å². The van der Waals surface area contributed by atoms with Gasteiger partial charge in [0.05, 0.1) is 25.4 Å². The van der Waals surface area contributed by atoms with Gasteiger partial charge in [0.2, 0.25) is 0 Å². The summed E-state index contributed by atoms with van der Waals surface area (Å²) in [6.45, 7) is 7.42. The summed E-state index contributed by atoms with van der Waals surface area (Å²) in [5, 5.41) is 0. The maximum absolute atomic E-state index is 14.9. The second-order valence-electron chi connectivity index (χ2n) is 7.57. The Morgan fingerprint density at radius 1 is 1.12 bits per heavy atom. The molecule has 0 aromatic rings. The maximum Gasteiger partial charge on any atom is 0.525 e. The van der Waals surface area contributed by atoms with Crippen LogP contribution in [-0.4, -0.2) is 44.5 Å². The molecule has 1 atom stereocenters. The van der Waals surface area contributed by atoms with E-state index in [-0.39, 0.29) is 12.3 Å². The third-order valence-electron chi connectivity index (χ3n) is 5.51. The van der Waals surface area contributed by atoms with Crippen molar-refractivity contribution in [3.05, 3.63) is 11.3 Å². The lowest BCUT2D eigenvalue weighted by Gasteiger charge is -2.32. The second-order valence-corrected chi connectivity index (χ2v) is 7.57. The summed E-state index contributed by atoms with van der Waals surface area (Å²) >= 11 is 0. The number of carbonyl (C=O) groups is 2. The number of rotatable bonds is 4. The second kappa shape index (κ2) is 7.07. The Hall–Kier alpha value is -1.41. The quantitative estimate of drug-likeness (QED) is 0.438. The molecule has 2 rings (SSSR count). The molecule has 0 spiro atoms. The highest BCUT2D eigenvalue weighted by atomic mass is 19.1. The first kappa shape index (κ1) is 19.9. The lowest BCUT2D eigenvalue weighted by atomic mass is 9.83. The van der Waals surface area contributed by atoms with Gasteiger partial charge in [0.1, 0.15) is 5.73 Å². The molecule has 140 valence electrons. The van der Waals surface area contributed by atoms with Gasteiger partial charge in [0.25, 0.3) is 0 Å². The molecule has 2 fully saturated rings. The predicted molar refractivity (Wildman–Crippen MR) is 89.1 cm³/mol. The van der Waals surface area contributed by atoms with Gasteiger partial charge in [-0.3, -0.25) is 9.59 Å². The van der Waals surface area contributed by atoms with E-state index in [1.165, 1.54) is 14.2 Å². The Bertz CT molecular complexity index is 554. The smallest absolute Gasteiger partial charge is 0.468 e. The van der Waals surface area contributed by atoms with Crippen LogP contribution in [0.3, 0.4) is 0 Å². The molecule has 1 unspecified atom stereocenters. The Kier molecular flexibility index (Phi) is 5.63. The number of esters is 2. The fourth-order valence-corrected chi connectivity index (χ4v) is 3.23. The Labute approximate surface area is 148 Å². The van der Waals surface area contributed by atoms with Crippen LogP contribution in [0.2, 0.25) is 0 Å². The minimum atomic E-state index is -1.06. The number of halogens is 1. The van der Waals surface area contributed by atoms with Gasteiger partial charge < -0.3 is 18.8 Å². The van der Waals surface area contributed by atoms with Crippen LogP contribution in [0, 0.1) is 11.8 Å². The van der Waals surface area contributed by atoms with Gasteiger partial charge in [-0.15, -0.1) is 0 Å². The molecule has 0 bridgehead atoms. The monoisotopic (exact) mass is 356 g/mol. The lowest BCUT2D eigenvalue weighted by molar-refractivity contribution is -0.161. The van der Waals surface area contributed by atoms with E-state index >= 15 is 0 Å². The van der Waals surface area contributed by atoms with Crippen molar-refractivity contribution in [3.8, 4) is 0 Å². The molecule has 6 nitrogen and oxygen atoms in total. The molecule has 0 radical (unpaired) electrons. The highest BCUT2D eigenvalue weighted by molar-refractivity contribution is 6.53. The zero-order chi connectivity index (χ0) is 19.0.